The van der Waals surface area contributed by atoms with Crippen molar-refractivity contribution in [2.45, 2.75) is 76.2 Å². The molecule has 3 aliphatic rings. The van der Waals surface area contributed by atoms with Crippen LogP contribution in [0.1, 0.15) is 46.0 Å². The fraction of sp³-hybridized carbons (Fsp3) is 1.00. The lowest BCUT2D eigenvalue weighted by atomic mass is 9.94. The number of hydrogen-bond acceptors (Lipinski definition) is 3. The standard InChI is InChI=1S/C12H20O3/c1-8-10-11(9(2)13-8)15-12(14-10)6-4-3-5-7-12/h8-11H,3-7H2,1-2H3/t8-,9?,10?,11?/m1/s1. The van der Waals surface area contributed by atoms with Crippen molar-refractivity contribution in [1.82, 2.24) is 0 Å². The molecule has 2 saturated heterocycles. The third-order valence-electron chi connectivity index (χ3n) is 4.00. The van der Waals surface area contributed by atoms with Gasteiger partial charge >= 0.3 is 0 Å². The normalized spacial score (nSPS) is 48.4. The first-order valence-corrected chi connectivity index (χ1v) is 6.21. The molecule has 86 valence electrons. The zero-order chi connectivity index (χ0) is 10.5. The van der Waals surface area contributed by atoms with E-state index in [0.717, 1.165) is 12.8 Å². The van der Waals surface area contributed by atoms with Crippen LogP contribution in [0.5, 0.6) is 0 Å². The van der Waals surface area contributed by atoms with Crippen LogP contribution in [-0.2, 0) is 14.2 Å². The molecule has 3 fully saturated rings. The predicted octanol–water partition coefficient (Wildman–Crippen LogP) is 2.24. The van der Waals surface area contributed by atoms with Crippen LogP contribution in [0.25, 0.3) is 0 Å². The highest BCUT2D eigenvalue weighted by Gasteiger charge is 2.55. The van der Waals surface area contributed by atoms with Gasteiger partial charge in [-0.05, 0) is 26.7 Å². The van der Waals surface area contributed by atoms with E-state index < -0.39 is 0 Å². The Bertz CT molecular complexity index is 229. The Morgan fingerprint density at radius 3 is 1.93 bits per heavy atom. The first-order valence-electron chi connectivity index (χ1n) is 6.21. The van der Waals surface area contributed by atoms with Crippen LogP contribution in [0, 0.1) is 0 Å². The van der Waals surface area contributed by atoms with E-state index in [1.165, 1.54) is 19.3 Å². The summed E-state index contributed by atoms with van der Waals surface area (Å²) in [5, 5.41) is 0. The van der Waals surface area contributed by atoms with E-state index in [1.807, 2.05) is 0 Å². The fourth-order valence-corrected chi connectivity index (χ4v) is 3.20. The van der Waals surface area contributed by atoms with Crippen molar-refractivity contribution in [2.75, 3.05) is 0 Å². The van der Waals surface area contributed by atoms with Gasteiger partial charge in [0.05, 0.1) is 12.2 Å². The topological polar surface area (TPSA) is 27.7 Å². The van der Waals surface area contributed by atoms with Gasteiger partial charge in [0.25, 0.3) is 0 Å². The Morgan fingerprint density at radius 1 is 0.867 bits per heavy atom. The van der Waals surface area contributed by atoms with Crippen LogP contribution in [-0.4, -0.2) is 30.2 Å². The summed E-state index contributed by atoms with van der Waals surface area (Å²) in [6.07, 6.45) is 6.64. The van der Waals surface area contributed by atoms with E-state index in [-0.39, 0.29) is 30.2 Å². The van der Waals surface area contributed by atoms with Gasteiger partial charge in [0.2, 0.25) is 0 Å². The summed E-state index contributed by atoms with van der Waals surface area (Å²) < 4.78 is 18.0. The highest BCUT2D eigenvalue weighted by Crippen LogP contribution is 2.45. The van der Waals surface area contributed by atoms with Gasteiger partial charge in [0, 0.05) is 12.8 Å². The van der Waals surface area contributed by atoms with Gasteiger partial charge in [0.1, 0.15) is 12.2 Å². The quantitative estimate of drug-likeness (QED) is 0.616. The molecule has 0 N–H and O–H groups in total. The van der Waals surface area contributed by atoms with E-state index in [1.54, 1.807) is 0 Å². The van der Waals surface area contributed by atoms with Gasteiger partial charge in [-0.25, -0.2) is 0 Å². The van der Waals surface area contributed by atoms with Crippen molar-refractivity contribution in [1.29, 1.82) is 0 Å². The molecule has 0 bridgehead atoms. The maximum Gasteiger partial charge on any atom is 0.169 e. The van der Waals surface area contributed by atoms with E-state index >= 15 is 0 Å². The third-order valence-corrected chi connectivity index (χ3v) is 4.00. The number of fused-ring (bicyclic) bond motifs is 1. The van der Waals surface area contributed by atoms with Crippen molar-refractivity contribution < 1.29 is 14.2 Å². The Hall–Kier alpha value is -0.120. The van der Waals surface area contributed by atoms with Gasteiger partial charge in [-0.1, -0.05) is 6.42 Å². The highest BCUT2D eigenvalue weighted by molar-refractivity contribution is 4.97. The number of rotatable bonds is 0. The second kappa shape index (κ2) is 3.44. The molecular weight excluding hydrogens is 192 g/mol. The van der Waals surface area contributed by atoms with Gasteiger partial charge in [0.15, 0.2) is 5.79 Å². The van der Waals surface area contributed by atoms with E-state index in [0.29, 0.717) is 0 Å². The zero-order valence-electron chi connectivity index (χ0n) is 9.57. The van der Waals surface area contributed by atoms with Crippen LogP contribution in [0.4, 0.5) is 0 Å². The average Bonchev–Trinajstić information content (AvgIpc) is 2.69. The van der Waals surface area contributed by atoms with Crippen LogP contribution >= 0.6 is 0 Å². The molecule has 1 aliphatic carbocycles. The summed E-state index contributed by atoms with van der Waals surface area (Å²) in [5.74, 6) is -0.250. The molecule has 1 spiro atoms. The smallest absolute Gasteiger partial charge is 0.169 e. The second-order valence-electron chi connectivity index (χ2n) is 5.18. The Kier molecular flexibility index (Phi) is 2.31. The molecule has 4 atom stereocenters. The minimum atomic E-state index is -0.250. The summed E-state index contributed by atoms with van der Waals surface area (Å²) in [6, 6.07) is 0. The minimum absolute atomic E-state index is 0.165. The van der Waals surface area contributed by atoms with Crippen molar-refractivity contribution in [2.24, 2.45) is 0 Å². The summed E-state index contributed by atoms with van der Waals surface area (Å²) in [5.41, 5.74) is 0. The van der Waals surface area contributed by atoms with E-state index in [9.17, 15) is 0 Å². The Balaban J connectivity index is 1.77. The van der Waals surface area contributed by atoms with Gasteiger partial charge in [-0.2, -0.15) is 0 Å². The predicted molar refractivity (Wildman–Crippen MR) is 55.6 cm³/mol. The van der Waals surface area contributed by atoms with Crippen molar-refractivity contribution >= 4 is 0 Å². The summed E-state index contributed by atoms with van der Waals surface area (Å²) in [7, 11) is 0. The molecule has 15 heavy (non-hydrogen) atoms. The maximum absolute atomic E-state index is 6.15. The highest BCUT2D eigenvalue weighted by atomic mass is 16.8. The van der Waals surface area contributed by atoms with Crippen LogP contribution < -0.4 is 0 Å². The molecule has 2 aliphatic heterocycles. The molecule has 0 aromatic heterocycles. The van der Waals surface area contributed by atoms with Gasteiger partial charge < -0.3 is 14.2 Å². The summed E-state index contributed by atoms with van der Waals surface area (Å²) >= 11 is 0. The van der Waals surface area contributed by atoms with Crippen LogP contribution in [0.3, 0.4) is 0 Å². The molecule has 3 heteroatoms. The number of hydrogen-bond donors (Lipinski definition) is 0. The summed E-state index contributed by atoms with van der Waals surface area (Å²) in [6.45, 7) is 4.18. The average molecular weight is 212 g/mol. The molecule has 2 heterocycles. The van der Waals surface area contributed by atoms with Crippen molar-refractivity contribution in [3.8, 4) is 0 Å². The molecule has 3 nitrogen and oxygen atoms in total. The van der Waals surface area contributed by atoms with Gasteiger partial charge in [-0.15, -0.1) is 0 Å². The van der Waals surface area contributed by atoms with Gasteiger partial charge in [-0.3, -0.25) is 0 Å². The molecule has 0 aromatic carbocycles. The molecule has 0 amide bonds. The molecule has 1 saturated carbocycles. The summed E-state index contributed by atoms with van der Waals surface area (Å²) in [4.78, 5) is 0. The monoisotopic (exact) mass is 212 g/mol. The lowest BCUT2D eigenvalue weighted by Crippen LogP contribution is -2.36. The molecular formula is C12H20O3. The van der Waals surface area contributed by atoms with Crippen LogP contribution in [0.15, 0.2) is 0 Å². The zero-order valence-corrected chi connectivity index (χ0v) is 9.57. The van der Waals surface area contributed by atoms with E-state index in [4.69, 9.17) is 14.2 Å². The molecule has 3 unspecified atom stereocenters. The van der Waals surface area contributed by atoms with Crippen molar-refractivity contribution in [3.63, 3.8) is 0 Å². The largest absolute Gasteiger partial charge is 0.370 e. The Morgan fingerprint density at radius 2 is 1.40 bits per heavy atom. The molecule has 3 rings (SSSR count). The third kappa shape index (κ3) is 1.52. The minimum Gasteiger partial charge on any atom is -0.370 e. The first kappa shape index (κ1) is 10.1. The Labute approximate surface area is 91.1 Å². The molecule has 0 aromatic rings. The second-order valence-corrected chi connectivity index (χ2v) is 5.18. The fourth-order valence-electron chi connectivity index (χ4n) is 3.20. The van der Waals surface area contributed by atoms with Crippen molar-refractivity contribution in [3.05, 3.63) is 0 Å². The van der Waals surface area contributed by atoms with E-state index in [2.05, 4.69) is 13.8 Å². The lowest BCUT2D eigenvalue weighted by molar-refractivity contribution is -0.221. The SMILES string of the molecule is CC1O[C@H](C)C2OC3(CCCCC3)OC12. The van der Waals surface area contributed by atoms with Crippen LogP contribution in [0.2, 0.25) is 0 Å². The maximum atomic E-state index is 6.15. The first-order chi connectivity index (χ1) is 7.20. The molecule has 0 radical (unpaired) electrons. The number of ether oxygens (including phenoxy) is 3. The lowest BCUT2D eigenvalue weighted by Gasteiger charge is -2.33.